The first-order valence-electron chi connectivity index (χ1n) is 3.31. The van der Waals surface area contributed by atoms with Gasteiger partial charge in [-0.1, -0.05) is 11.6 Å². The molecule has 1 rings (SSSR count). The zero-order valence-corrected chi connectivity index (χ0v) is 7.23. The minimum absolute atomic E-state index is 0.487. The molecule has 0 aliphatic heterocycles. The molecular formula is C7H3ClF3NO2. The van der Waals surface area contributed by atoms with Gasteiger partial charge < -0.3 is 5.11 Å². The third-order valence-electron chi connectivity index (χ3n) is 1.39. The lowest BCUT2D eigenvalue weighted by Gasteiger charge is -2.04. The van der Waals surface area contributed by atoms with Crippen molar-refractivity contribution in [2.75, 3.05) is 0 Å². The second-order valence-electron chi connectivity index (χ2n) is 2.30. The Labute approximate surface area is 81.1 Å². The lowest BCUT2D eigenvalue weighted by molar-refractivity contribution is 0.0689. The van der Waals surface area contributed by atoms with Crippen LogP contribution in [0.3, 0.4) is 0 Å². The van der Waals surface area contributed by atoms with E-state index in [4.69, 9.17) is 16.7 Å². The van der Waals surface area contributed by atoms with Gasteiger partial charge in [0.1, 0.15) is 16.4 Å². The lowest BCUT2D eigenvalue weighted by atomic mass is 10.2. The van der Waals surface area contributed by atoms with E-state index in [2.05, 4.69) is 4.98 Å². The summed E-state index contributed by atoms with van der Waals surface area (Å²) in [5.41, 5.74) is -2.17. The molecule has 0 bridgehead atoms. The minimum Gasteiger partial charge on any atom is -0.478 e. The summed E-state index contributed by atoms with van der Waals surface area (Å²) in [6.07, 6.45) is -3.20. The fraction of sp³-hybridized carbons (Fsp3) is 0.143. The largest absolute Gasteiger partial charge is 0.478 e. The number of carboxylic acid groups (broad SMARTS) is 1. The number of hydrogen-bond donors (Lipinski definition) is 1. The highest BCUT2D eigenvalue weighted by atomic mass is 35.5. The Kier molecular flexibility index (Phi) is 2.95. The van der Waals surface area contributed by atoms with Crippen molar-refractivity contribution in [3.8, 4) is 0 Å². The van der Waals surface area contributed by atoms with Gasteiger partial charge in [-0.2, -0.15) is 0 Å². The molecule has 76 valence electrons. The molecule has 1 aromatic rings. The SMILES string of the molecule is O=C(O)c1cc(Cl)nc(C(F)F)c1F. The molecule has 0 aromatic carbocycles. The van der Waals surface area contributed by atoms with Crippen molar-refractivity contribution in [1.29, 1.82) is 0 Å². The molecule has 3 nitrogen and oxygen atoms in total. The van der Waals surface area contributed by atoms with Crippen molar-refractivity contribution >= 4 is 17.6 Å². The first-order valence-corrected chi connectivity index (χ1v) is 3.68. The lowest BCUT2D eigenvalue weighted by Crippen LogP contribution is -2.06. The number of rotatable bonds is 2. The van der Waals surface area contributed by atoms with Crippen molar-refractivity contribution in [2.24, 2.45) is 0 Å². The molecule has 14 heavy (non-hydrogen) atoms. The van der Waals surface area contributed by atoms with E-state index in [9.17, 15) is 18.0 Å². The maximum Gasteiger partial charge on any atom is 0.338 e. The molecule has 1 heterocycles. The van der Waals surface area contributed by atoms with Crippen LogP contribution in [0.4, 0.5) is 13.2 Å². The number of aromatic carboxylic acids is 1. The normalized spacial score (nSPS) is 10.6. The van der Waals surface area contributed by atoms with E-state index in [-0.39, 0.29) is 0 Å². The van der Waals surface area contributed by atoms with Crippen LogP contribution in [0.2, 0.25) is 5.15 Å². The van der Waals surface area contributed by atoms with Crippen molar-refractivity contribution in [3.63, 3.8) is 0 Å². The number of carbonyl (C=O) groups is 1. The average Bonchev–Trinajstić information content (AvgIpc) is 2.07. The maximum absolute atomic E-state index is 13.0. The van der Waals surface area contributed by atoms with Crippen LogP contribution < -0.4 is 0 Å². The van der Waals surface area contributed by atoms with Gasteiger partial charge >= 0.3 is 5.97 Å². The molecule has 0 radical (unpaired) electrons. The highest BCUT2D eigenvalue weighted by molar-refractivity contribution is 6.29. The number of alkyl halides is 2. The van der Waals surface area contributed by atoms with Gasteiger partial charge in [0.05, 0.1) is 0 Å². The molecule has 0 aliphatic carbocycles. The summed E-state index contributed by atoms with van der Waals surface area (Å²) < 4.78 is 37.2. The van der Waals surface area contributed by atoms with Gasteiger partial charge in [-0.05, 0) is 6.07 Å². The third kappa shape index (κ3) is 1.95. The summed E-state index contributed by atoms with van der Waals surface area (Å²) >= 11 is 5.24. The molecule has 0 spiro atoms. The average molecular weight is 226 g/mol. The van der Waals surface area contributed by atoms with Crippen LogP contribution in [0.5, 0.6) is 0 Å². The zero-order valence-electron chi connectivity index (χ0n) is 6.47. The number of pyridine rings is 1. The Morgan fingerprint density at radius 2 is 2.14 bits per heavy atom. The van der Waals surface area contributed by atoms with Crippen LogP contribution in [-0.2, 0) is 0 Å². The van der Waals surface area contributed by atoms with Gasteiger partial charge in [0.2, 0.25) is 0 Å². The highest BCUT2D eigenvalue weighted by Gasteiger charge is 2.22. The smallest absolute Gasteiger partial charge is 0.338 e. The quantitative estimate of drug-likeness (QED) is 0.787. The summed E-state index contributed by atoms with van der Waals surface area (Å²) in [5, 5.41) is 7.94. The third-order valence-corrected chi connectivity index (χ3v) is 1.58. The van der Waals surface area contributed by atoms with E-state index in [1.165, 1.54) is 0 Å². The van der Waals surface area contributed by atoms with E-state index in [1.807, 2.05) is 0 Å². The van der Waals surface area contributed by atoms with E-state index >= 15 is 0 Å². The van der Waals surface area contributed by atoms with Crippen molar-refractivity contribution < 1.29 is 23.1 Å². The molecule has 0 saturated carbocycles. The van der Waals surface area contributed by atoms with Crippen LogP contribution in [0, 0.1) is 5.82 Å². The standard InChI is InChI=1S/C7H3ClF3NO2/c8-3-1-2(7(13)14)4(9)5(12-3)6(10)11/h1,6H,(H,13,14). The summed E-state index contributed by atoms with van der Waals surface area (Å²) in [6.45, 7) is 0. The predicted molar refractivity (Wildman–Crippen MR) is 41.1 cm³/mol. The van der Waals surface area contributed by atoms with E-state index in [0.29, 0.717) is 6.07 Å². The van der Waals surface area contributed by atoms with Crippen LogP contribution in [0.15, 0.2) is 6.07 Å². The second kappa shape index (κ2) is 3.83. The van der Waals surface area contributed by atoms with Crippen molar-refractivity contribution in [3.05, 3.63) is 28.3 Å². The Morgan fingerprint density at radius 1 is 1.57 bits per heavy atom. The number of nitrogens with zero attached hydrogens (tertiary/aromatic N) is 1. The Morgan fingerprint density at radius 3 is 2.57 bits per heavy atom. The Bertz CT molecular complexity index is 383. The fourth-order valence-corrected chi connectivity index (χ4v) is 1.02. The van der Waals surface area contributed by atoms with Gasteiger partial charge in [0.25, 0.3) is 6.43 Å². The Balaban J connectivity index is 3.40. The molecule has 0 fully saturated rings. The first kappa shape index (κ1) is 10.8. The van der Waals surface area contributed by atoms with E-state index in [1.54, 1.807) is 0 Å². The molecule has 0 saturated heterocycles. The molecule has 1 aromatic heterocycles. The number of hydrogen-bond acceptors (Lipinski definition) is 2. The Hall–Kier alpha value is -1.30. The summed E-state index contributed by atoms with van der Waals surface area (Å²) in [5.74, 6) is -3.23. The molecule has 7 heteroatoms. The number of carboxylic acids is 1. The van der Waals surface area contributed by atoms with Crippen LogP contribution in [0.1, 0.15) is 22.5 Å². The minimum atomic E-state index is -3.20. The highest BCUT2D eigenvalue weighted by Crippen LogP contribution is 2.24. The van der Waals surface area contributed by atoms with E-state index < -0.39 is 34.6 Å². The van der Waals surface area contributed by atoms with Crippen LogP contribution in [-0.4, -0.2) is 16.1 Å². The number of halogens is 4. The molecule has 0 aliphatic rings. The summed E-state index contributed by atoms with van der Waals surface area (Å²) in [6, 6.07) is 0.672. The van der Waals surface area contributed by atoms with Gasteiger partial charge in [0.15, 0.2) is 5.82 Å². The maximum atomic E-state index is 13.0. The van der Waals surface area contributed by atoms with E-state index in [0.717, 1.165) is 0 Å². The fourth-order valence-electron chi connectivity index (χ4n) is 0.817. The monoisotopic (exact) mass is 225 g/mol. The number of aromatic nitrogens is 1. The second-order valence-corrected chi connectivity index (χ2v) is 2.68. The van der Waals surface area contributed by atoms with Gasteiger partial charge in [-0.15, -0.1) is 0 Å². The van der Waals surface area contributed by atoms with Crippen molar-refractivity contribution in [2.45, 2.75) is 6.43 Å². The topological polar surface area (TPSA) is 50.2 Å². The zero-order chi connectivity index (χ0) is 10.9. The summed E-state index contributed by atoms with van der Waals surface area (Å²) in [7, 11) is 0. The molecule has 0 amide bonds. The van der Waals surface area contributed by atoms with Gasteiger partial charge in [0, 0.05) is 0 Å². The summed E-state index contributed by atoms with van der Waals surface area (Å²) in [4.78, 5) is 13.4. The molecule has 0 unspecified atom stereocenters. The van der Waals surface area contributed by atoms with Crippen LogP contribution in [0.25, 0.3) is 0 Å². The predicted octanol–water partition coefficient (Wildman–Crippen LogP) is 2.51. The van der Waals surface area contributed by atoms with Crippen molar-refractivity contribution in [1.82, 2.24) is 4.98 Å². The molecular weight excluding hydrogens is 223 g/mol. The van der Waals surface area contributed by atoms with Gasteiger partial charge in [-0.25, -0.2) is 22.9 Å². The molecule has 0 atom stereocenters. The van der Waals surface area contributed by atoms with Crippen LogP contribution >= 0.6 is 11.6 Å². The first-order chi connectivity index (χ1) is 6.43. The molecule has 1 N–H and O–H groups in total. The van der Waals surface area contributed by atoms with Gasteiger partial charge in [-0.3, -0.25) is 0 Å².